The molecule has 0 aliphatic rings. The molecule has 0 radical (unpaired) electrons. The van der Waals surface area contributed by atoms with Gasteiger partial charge in [-0.2, -0.15) is 5.10 Å². The lowest BCUT2D eigenvalue weighted by molar-refractivity contribution is 0.0949. The minimum Gasteiger partial charge on any atom is -0.348 e. The number of nitrogens with zero attached hydrogens (tertiary/aromatic N) is 6. The molecule has 2 N–H and O–H groups in total. The van der Waals surface area contributed by atoms with Crippen LogP contribution in [-0.2, 0) is 13.0 Å². The van der Waals surface area contributed by atoms with Crippen molar-refractivity contribution >= 4 is 17.2 Å². The van der Waals surface area contributed by atoms with Crippen molar-refractivity contribution < 1.29 is 4.79 Å². The van der Waals surface area contributed by atoms with Crippen molar-refractivity contribution in [2.24, 2.45) is 0 Å². The van der Waals surface area contributed by atoms with E-state index >= 15 is 0 Å². The number of hydrogen-bond acceptors (Lipinski definition) is 7. The SMILES string of the molecule is CCCCc1c(C(=O)NCc2nc[nH]c2C)cnn1-c1ncc(C)c(-c2cncs2)n1. The molecule has 31 heavy (non-hydrogen) atoms. The molecule has 0 aliphatic heterocycles. The lowest BCUT2D eigenvalue weighted by Crippen LogP contribution is -2.24. The number of aromatic amines is 1. The molecule has 0 saturated carbocycles. The van der Waals surface area contributed by atoms with Crippen LogP contribution < -0.4 is 5.32 Å². The van der Waals surface area contributed by atoms with Crippen molar-refractivity contribution in [3.63, 3.8) is 0 Å². The zero-order chi connectivity index (χ0) is 21.8. The van der Waals surface area contributed by atoms with Crippen LogP contribution in [0.2, 0.25) is 0 Å². The molecule has 10 heteroatoms. The fourth-order valence-corrected chi connectivity index (χ4v) is 3.94. The Hall–Kier alpha value is -3.40. The summed E-state index contributed by atoms with van der Waals surface area (Å²) in [5, 5.41) is 7.42. The molecular weight excluding hydrogens is 412 g/mol. The smallest absolute Gasteiger partial charge is 0.255 e. The monoisotopic (exact) mass is 436 g/mol. The standard InChI is InChI=1S/C21H24N8OS/c1-4-5-6-17-15(20(30)23-9-16-14(3)25-11-26-16)8-27-29(17)21-24-7-13(2)19(28-21)18-10-22-12-31-18/h7-8,10-12H,4-6,9H2,1-3H3,(H,23,30)(H,25,26). The molecule has 0 aromatic carbocycles. The number of carbonyl (C=O) groups is 1. The van der Waals surface area contributed by atoms with Crippen LogP contribution in [-0.4, -0.2) is 40.6 Å². The normalized spacial score (nSPS) is 11.1. The van der Waals surface area contributed by atoms with E-state index < -0.39 is 0 Å². The number of nitrogens with one attached hydrogen (secondary N) is 2. The second kappa shape index (κ2) is 9.17. The summed E-state index contributed by atoms with van der Waals surface area (Å²) in [7, 11) is 0. The average molecular weight is 437 g/mol. The number of carbonyl (C=O) groups excluding carboxylic acids is 1. The van der Waals surface area contributed by atoms with Crippen molar-refractivity contribution in [2.45, 2.75) is 46.6 Å². The number of imidazole rings is 1. The first-order valence-corrected chi connectivity index (χ1v) is 11.0. The largest absolute Gasteiger partial charge is 0.348 e. The first-order chi connectivity index (χ1) is 15.1. The number of unbranched alkanes of at least 4 members (excludes halogenated alkanes) is 1. The van der Waals surface area contributed by atoms with Crippen molar-refractivity contribution in [3.8, 4) is 16.5 Å². The van der Waals surface area contributed by atoms with E-state index in [1.165, 1.54) is 11.3 Å². The molecule has 4 rings (SSSR count). The molecule has 4 aromatic heterocycles. The molecule has 1 amide bonds. The Morgan fingerprint density at radius 3 is 2.81 bits per heavy atom. The molecule has 0 saturated heterocycles. The van der Waals surface area contributed by atoms with Crippen LogP contribution in [0.4, 0.5) is 0 Å². The minimum atomic E-state index is -0.186. The number of aryl methyl sites for hydroxylation is 2. The summed E-state index contributed by atoms with van der Waals surface area (Å²) in [6, 6.07) is 0. The summed E-state index contributed by atoms with van der Waals surface area (Å²) < 4.78 is 1.67. The van der Waals surface area contributed by atoms with E-state index in [0.29, 0.717) is 24.5 Å². The molecule has 0 unspecified atom stereocenters. The number of amides is 1. The highest BCUT2D eigenvalue weighted by molar-refractivity contribution is 7.13. The van der Waals surface area contributed by atoms with Crippen LogP contribution in [0.1, 0.15) is 52.8 Å². The van der Waals surface area contributed by atoms with Gasteiger partial charge in [-0.05, 0) is 32.3 Å². The third-order valence-electron chi connectivity index (χ3n) is 5.05. The van der Waals surface area contributed by atoms with E-state index in [2.05, 4.69) is 37.3 Å². The lowest BCUT2D eigenvalue weighted by atomic mass is 10.1. The molecule has 9 nitrogen and oxygen atoms in total. The maximum atomic E-state index is 12.9. The Balaban J connectivity index is 1.66. The van der Waals surface area contributed by atoms with E-state index in [4.69, 9.17) is 4.98 Å². The predicted molar refractivity (Wildman–Crippen MR) is 118 cm³/mol. The van der Waals surface area contributed by atoms with Gasteiger partial charge < -0.3 is 10.3 Å². The van der Waals surface area contributed by atoms with Crippen LogP contribution in [0.25, 0.3) is 16.5 Å². The minimum absolute atomic E-state index is 0.186. The van der Waals surface area contributed by atoms with Crippen LogP contribution in [0, 0.1) is 13.8 Å². The van der Waals surface area contributed by atoms with Crippen LogP contribution in [0.5, 0.6) is 0 Å². The molecular formula is C21H24N8OS. The van der Waals surface area contributed by atoms with Gasteiger partial charge in [0, 0.05) is 18.1 Å². The number of hydrogen-bond donors (Lipinski definition) is 2. The average Bonchev–Trinajstić information content (AvgIpc) is 3.52. The number of H-pyrrole nitrogens is 1. The van der Waals surface area contributed by atoms with Crippen molar-refractivity contribution in [1.29, 1.82) is 0 Å². The highest BCUT2D eigenvalue weighted by Gasteiger charge is 2.20. The molecule has 0 spiro atoms. The van der Waals surface area contributed by atoms with E-state index in [0.717, 1.165) is 46.1 Å². The lowest BCUT2D eigenvalue weighted by Gasteiger charge is -2.10. The zero-order valence-electron chi connectivity index (χ0n) is 17.7. The van der Waals surface area contributed by atoms with E-state index in [-0.39, 0.29) is 5.91 Å². The quantitative estimate of drug-likeness (QED) is 0.438. The Labute approximate surface area is 184 Å². The third-order valence-corrected chi connectivity index (χ3v) is 5.83. The van der Waals surface area contributed by atoms with Crippen molar-refractivity contribution in [3.05, 3.63) is 58.6 Å². The van der Waals surface area contributed by atoms with E-state index in [9.17, 15) is 4.79 Å². The van der Waals surface area contributed by atoms with Crippen molar-refractivity contribution in [1.82, 2.24) is 40.0 Å². The molecule has 4 heterocycles. The summed E-state index contributed by atoms with van der Waals surface area (Å²) >= 11 is 1.52. The Morgan fingerprint density at radius 1 is 1.23 bits per heavy atom. The first-order valence-electron chi connectivity index (χ1n) is 10.1. The van der Waals surface area contributed by atoms with Gasteiger partial charge in [-0.1, -0.05) is 13.3 Å². The summed E-state index contributed by atoms with van der Waals surface area (Å²) in [6.45, 7) is 6.36. The molecule has 0 bridgehead atoms. The second-order valence-electron chi connectivity index (χ2n) is 7.24. The highest BCUT2D eigenvalue weighted by atomic mass is 32.1. The molecule has 0 fully saturated rings. The predicted octanol–water partition coefficient (Wildman–Crippen LogP) is 3.40. The Morgan fingerprint density at radius 2 is 2.10 bits per heavy atom. The highest BCUT2D eigenvalue weighted by Crippen LogP contribution is 2.25. The van der Waals surface area contributed by atoms with Gasteiger partial charge in [0.05, 0.1) is 52.1 Å². The molecule has 160 valence electrons. The number of aromatic nitrogens is 7. The summed E-state index contributed by atoms with van der Waals surface area (Å²) in [4.78, 5) is 34.5. The maximum absolute atomic E-state index is 12.9. The molecule has 0 aliphatic carbocycles. The fourth-order valence-electron chi connectivity index (χ4n) is 3.26. The van der Waals surface area contributed by atoms with E-state index in [1.54, 1.807) is 35.1 Å². The van der Waals surface area contributed by atoms with Gasteiger partial charge in [0.15, 0.2) is 0 Å². The van der Waals surface area contributed by atoms with Gasteiger partial charge in [-0.15, -0.1) is 11.3 Å². The summed E-state index contributed by atoms with van der Waals surface area (Å²) in [6.07, 6.45) is 9.42. The fraction of sp³-hybridized carbons (Fsp3) is 0.333. The Bertz CT molecular complexity index is 1180. The third kappa shape index (κ3) is 4.38. The number of thiazole rings is 1. The summed E-state index contributed by atoms with van der Waals surface area (Å²) in [5.74, 6) is 0.261. The van der Waals surface area contributed by atoms with Gasteiger partial charge in [0.1, 0.15) is 0 Å². The topological polar surface area (TPSA) is 114 Å². The van der Waals surface area contributed by atoms with Gasteiger partial charge >= 0.3 is 0 Å². The van der Waals surface area contributed by atoms with Crippen LogP contribution >= 0.6 is 11.3 Å². The second-order valence-corrected chi connectivity index (χ2v) is 8.13. The van der Waals surface area contributed by atoms with Crippen molar-refractivity contribution in [2.75, 3.05) is 0 Å². The maximum Gasteiger partial charge on any atom is 0.255 e. The summed E-state index contributed by atoms with van der Waals surface area (Å²) in [5.41, 5.74) is 6.65. The van der Waals surface area contributed by atoms with Gasteiger partial charge in [-0.3, -0.25) is 9.78 Å². The van der Waals surface area contributed by atoms with E-state index in [1.807, 2.05) is 13.8 Å². The molecule has 0 atom stereocenters. The molecule has 4 aromatic rings. The zero-order valence-corrected chi connectivity index (χ0v) is 18.5. The number of rotatable bonds is 8. The van der Waals surface area contributed by atoms with Crippen LogP contribution in [0.15, 0.2) is 30.4 Å². The van der Waals surface area contributed by atoms with Gasteiger partial charge in [0.2, 0.25) is 0 Å². The van der Waals surface area contributed by atoms with Gasteiger partial charge in [0.25, 0.3) is 11.9 Å². The first kappa shape index (κ1) is 20.9. The van der Waals surface area contributed by atoms with Crippen LogP contribution in [0.3, 0.4) is 0 Å². The Kier molecular flexibility index (Phi) is 6.17. The van der Waals surface area contributed by atoms with Gasteiger partial charge in [-0.25, -0.2) is 19.6 Å².